The Morgan fingerprint density at radius 2 is 1.37 bits per heavy atom. The predicted molar refractivity (Wildman–Crippen MR) is 278 cm³/mol. The van der Waals surface area contributed by atoms with Gasteiger partial charge in [-0.25, -0.2) is 28.6 Å². The lowest BCUT2D eigenvalue weighted by molar-refractivity contribution is -0.859. The number of aromatic nitrogens is 2. The molecular weight excluding hydrogens is 981 g/mol. The largest absolute Gasteiger partial charge is 0.544 e. The van der Waals surface area contributed by atoms with E-state index in [0.29, 0.717) is 24.1 Å². The summed E-state index contributed by atoms with van der Waals surface area (Å²) in [5.74, 6) is -9.62. The van der Waals surface area contributed by atoms with Gasteiger partial charge >= 0.3 is 23.9 Å². The Bertz CT molecular complexity index is 2320. The first-order chi connectivity index (χ1) is 36.0. The number of H-pyrrole nitrogens is 1. The van der Waals surface area contributed by atoms with Crippen molar-refractivity contribution in [1.29, 1.82) is 0 Å². The molecule has 2 unspecified atom stereocenters. The highest BCUT2D eigenvalue weighted by Crippen LogP contribution is 2.31. The summed E-state index contributed by atoms with van der Waals surface area (Å²) in [6, 6.07) is 9.99. The third kappa shape index (κ3) is 20.4. The lowest BCUT2D eigenvalue weighted by atomic mass is 9.81. The molecular formula is C55H80N8O13. The van der Waals surface area contributed by atoms with Crippen molar-refractivity contribution >= 4 is 47.6 Å². The number of benzene rings is 2. The topological polar surface area (TPSA) is 332 Å². The van der Waals surface area contributed by atoms with Gasteiger partial charge in [-0.3, -0.25) is 14.4 Å². The van der Waals surface area contributed by atoms with Crippen LogP contribution in [0.2, 0.25) is 0 Å². The Morgan fingerprint density at radius 1 is 0.776 bits per heavy atom. The van der Waals surface area contributed by atoms with Crippen LogP contribution in [-0.4, -0.2) is 139 Å². The van der Waals surface area contributed by atoms with Gasteiger partial charge in [0, 0.05) is 31.4 Å². The van der Waals surface area contributed by atoms with Crippen molar-refractivity contribution < 1.29 is 68.0 Å². The number of hydrogen-bond acceptors (Lipinski definition) is 13. The van der Waals surface area contributed by atoms with Crippen LogP contribution in [0, 0.1) is 17.8 Å². The summed E-state index contributed by atoms with van der Waals surface area (Å²) >= 11 is 0. The van der Waals surface area contributed by atoms with Gasteiger partial charge in [-0.2, -0.15) is 0 Å². The Balaban J connectivity index is 1.70. The fraction of sp³-hybridized carbons (Fsp3) is 0.582. The van der Waals surface area contributed by atoms with E-state index in [-0.39, 0.29) is 56.9 Å². The molecule has 4 rings (SSSR count). The van der Waals surface area contributed by atoms with Crippen molar-refractivity contribution in [3.63, 3.8) is 0 Å². The van der Waals surface area contributed by atoms with Crippen LogP contribution in [0.25, 0.3) is 0 Å². The summed E-state index contributed by atoms with van der Waals surface area (Å²) in [4.78, 5) is 117. The molecule has 76 heavy (non-hydrogen) atoms. The molecule has 1 saturated carbocycles. The van der Waals surface area contributed by atoms with Crippen LogP contribution in [0.3, 0.4) is 0 Å². The Labute approximate surface area is 445 Å². The molecule has 0 bridgehead atoms. The quantitative estimate of drug-likeness (QED) is 0.0331. The van der Waals surface area contributed by atoms with E-state index in [0.717, 1.165) is 37.7 Å². The third-order valence-electron chi connectivity index (χ3n) is 13.6. The second kappa shape index (κ2) is 30.1. The lowest BCUT2D eigenvalue weighted by Crippen LogP contribution is -2.71. The minimum Gasteiger partial charge on any atom is -0.544 e. The van der Waals surface area contributed by atoms with Crippen LogP contribution >= 0.6 is 0 Å². The highest BCUT2D eigenvalue weighted by molar-refractivity contribution is 5.92. The molecule has 8 atom stereocenters. The zero-order valence-corrected chi connectivity index (χ0v) is 44.5. The number of aliphatic hydroxyl groups is 1. The number of carbonyl (C=O) groups is 8. The highest BCUT2D eigenvalue weighted by Gasteiger charge is 2.53. The summed E-state index contributed by atoms with van der Waals surface area (Å²) in [5.41, 5.74) is 6.45. The summed E-state index contributed by atoms with van der Waals surface area (Å²) in [7, 11) is 0. The number of aliphatic carboxylic acids is 3. The first-order valence-electron chi connectivity index (χ1n) is 26.4. The van der Waals surface area contributed by atoms with Crippen LogP contribution in [0.4, 0.5) is 4.79 Å². The van der Waals surface area contributed by atoms with Crippen LogP contribution in [-0.2, 0) is 57.6 Å². The number of aliphatic hydroxyl groups excluding tert-OH is 1. The van der Waals surface area contributed by atoms with E-state index in [1.54, 1.807) is 81.6 Å². The summed E-state index contributed by atoms with van der Waals surface area (Å²) in [6.07, 6.45) is 5.38. The van der Waals surface area contributed by atoms with Crippen LogP contribution in [0.15, 0.2) is 73.2 Å². The molecule has 418 valence electrons. The molecule has 1 fully saturated rings. The lowest BCUT2D eigenvalue weighted by Gasteiger charge is -2.41. The number of alkyl carbamates (subject to hydrolysis) is 1. The number of hydrogen-bond donors (Lipinski definition) is 9. The molecule has 0 aliphatic heterocycles. The Hall–Kier alpha value is -6.71. The van der Waals surface area contributed by atoms with Gasteiger partial charge < -0.3 is 61.9 Å². The molecule has 1 aromatic heterocycles. The van der Waals surface area contributed by atoms with Crippen molar-refractivity contribution in [2.75, 3.05) is 19.6 Å². The molecule has 1 aliphatic rings. The monoisotopic (exact) mass is 1060 g/mol. The minimum absolute atomic E-state index is 0.0502. The van der Waals surface area contributed by atoms with E-state index in [9.17, 15) is 54.0 Å². The molecule has 2 aromatic carbocycles. The Kier molecular flexibility index (Phi) is 24.5. The molecule has 1 heterocycles. The SMILES string of the molecule is CC(C)CC(C[C@H](O)[C@H](CC1CCCCC1)NC(=O)[C@H](Cc1c[nH]cn1)NC(=O)[C@H](Cc1ccccc1)NC(=O)OC(C)(C)C)C(=O)N[C@@H](CCCCN)C(=O)[N+](CC(=O)[O-])(CC(=O)O)[C@@H](Cc1ccccc1)C(=O)O. The average Bonchev–Trinajstić information content (AvgIpc) is 3.87. The molecule has 0 spiro atoms. The number of carbonyl (C=O) groups excluding carboxylic acids is 6. The van der Waals surface area contributed by atoms with Gasteiger partial charge in [-0.05, 0) is 88.8 Å². The third-order valence-corrected chi connectivity index (χ3v) is 13.6. The second-order valence-electron chi connectivity index (χ2n) is 21.5. The van der Waals surface area contributed by atoms with Crippen molar-refractivity contribution in [2.24, 2.45) is 23.5 Å². The van der Waals surface area contributed by atoms with E-state index >= 15 is 4.79 Å². The van der Waals surface area contributed by atoms with Crippen LogP contribution in [0.5, 0.6) is 0 Å². The standard InChI is InChI=1S/C55H80N8O13/c1-35(2)25-39(49(69)59-41(23-15-16-24-56)52(72)63(32-47(65)66,33-48(67)68)45(53(73)74)28-38-21-13-8-14-22-38)29-46(64)42(26-36-17-9-6-10-18-36)60-51(71)44(30-40-31-57-34-58-40)61-50(70)43(27-37-19-11-7-12-20-37)62-54(75)76-55(3,4)5/h7-8,11-14,19-22,31,34-36,39,41-46,64H,6,9-10,15-18,23-30,32-33,56H2,1-5H3,(H7-,57,58,59,60,61,62,65,66,67,68,69,70,71,73,74,75)/t39?,41-,42-,43-,44-,45-,46-/m0/s1. The molecule has 0 saturated heterocycles. The number of aromatic amines is 1. The average molecular weight is 1060 g/mol. The fourth-order valence-corrected chi connectivity index (χ4v) is 10.0. The number of rotatable bonds is 31. The van der Waals surface area contributed by atoms with E-state index < -0.39 is 119 Å². The summed E-state index contributed by atoms with van der Waals surface area (Å²) < 4.78 is 3.86. The summed E-state index contributed by atoms with van der Waals surface area (Å²) in [5, 5.41) is 56.9. The first kappa shape index (κ1) is 61.8. The van der Waals surface area contributed by atoms with Crippen molar-refractivity contribution in [1.82, 2.24) is 31.2 Å². The first-order valence-corrected chi connectivity index (χ1v) is 26.4. The predicted octanol–water partition coefficient (Wildman–Crippen LogP) is 2.93. The number of nitrogens with zero attached hydrogens (tertiary/aromatic N) is 2. The number of ether oxygens (including phenoxy) is 1. The molecule has 21 heteroatoms. The minimum atomic E-state index is -1.94. The van der Waals surface area contributed by atoms with Gasteiger partial charge in [0.2, 0.25) is 17.7 Å². The molecule has 5 amide bonds. The van der Waals surface area contributed by atoms with Crippen LogP contribution in [0.1, 0.15) is 122 Å². The van der Waals surface area contributed by atoms with Gasteiger partial charge in [0.1, 0.15) is 30.3 Å². The summed E-state index contributed by atoms with van der Waals surface area (Å²) in [6.45, 7) is 6.33. The molecule has 0 radical (unpaired) electrons. The normalized spacial score (nSPS) is 16.6. The molecule has 10 N–H and O–H groups in total. The fourth-order valence-electron chi connectivity index (χ4n) is 10.0. The van der Waals surface area contributed by atoms with E-state index in [2.05, 4.69) is 31.2 Å². The number of nitrogens with one attached hydrogen (secondary N) is 5. The molecule has 3 aromatic rings. The maximum atomic E-state index is 15.1. The zero-order valence-electron chi connectivity index (χ0n) is 44.5. The highest BCUT2D eigenvalue weighted by atomic mass is 16.6. The van der Waals surface area contributed by atoms with Gasteiger partial charge in [-0.1, -0.05) is 107 Å². The maximum Gasteiger partial charge on any atom is 0.408 e. The van der Waals surface area contributed by atoms with Gasteiger partial charge in [0.05, 0.1) is 30.1 Å². The van der Waals surface area contributed by atoms with Gasteiger partial charge in [-0.15, -0.1) is 0 Å². The van der Waals surface area contributed by atoms with Crippen molar-refractivity contribution in [3.8, 4) is 0 Å². The van der Waals surface area contributed by atoms with Crippen LogP contribution < -0.4 is 32.1 Å². The number of carboxylic acid groups (broad SMARTS) is 3. The van der Waals surface area contributed by atoms with E-state index in [1.165, 1.54) is 6.33 Å². The van der Waals surface area contributed by atoms with Crippen molar-refractivity contribution in [3.05, 3.63) is 90.0 Å². The number of carboxylic acids is 3. The van der Waals surface area contributed by atoms with E-state index in [1.807, 2.05) is 19.9 Å². The van der Waals surface area contributed by atoms with E-state index in [4.69, 9.17) is 10.5 Å². The smallest absolute Gasteiger partial charge is 0.408 e. The van der Waals surface area contributed by atoms with Crippen molar-refractivity contribution in [2.45, 2.75) is 166 Å². The number of quaternary nitrogens is 1. The zero-order chi connectivity index (χ0) is 56.0. The molecule has 1 aliphatic carbocycles. The number of unbranched alkanes of at least 4 members (excludes halogenated alkanes) is 1. The molecule has 21 nitrogen and oxygen atoms in total. The number of amides is 5. The Morgan fingerprint density at radius 3 is 1.91 bits per heavy atom. The van der Waals surface area contributed by atoms with Gasteiger partial charge in [0.25, 0.3) is 0 Å². The number of nitrogens with two attached hydrogens (primary N) is 1. The number of imidazole rings is 1. The maximum absolute atomic E-state index is 15.1. The van der Waals surface area contributed by atoms with Gasteiger partial charge in [0.15, 0.2) is 12.6 Å². The second-order valence-corrected chi connectivity index (χ2v) is 21.5.